The second-order valence-corrected chi connectivity index (χ2v) is 5.97. The van der Waals surface area contributed by atoms with Gasteiger partial charge in [-0.2, -0.15) is 5.26 Å². The van der Waals surface area contributed by atoms with E-state index in [1.54, 1.807) is 13.8 Å². The second kappa shape index (κ2) is 4.84. The molecule has 0 amide bonds. The van der Waals surface area contributed by atoms with Gasteiger partial charge in [0.2, 0.25) is 10.0 Å². The fourth-order valence-electron chi connectivity index (χ4n) is 1.16. The summed E-state index contributed by atoms with van der Waals surface area (Å²) in [5.41, 5.74) is -0.530. The summed E-state index contributed by atoms with van der Waals surface area (Å²) in [6.45, 7) is 2.85. The lowest BCUT2D eigenvalue weighted by Crippen LogP contribution is -2.46. The summed E-state index contributed by atoms with van der Waals surface area (Å²) in [5.74, 6) is 0. The minimum atomic E-state index is -3.67. The van der Waals surface area contributed by atoms with Gasteiger partial charge in [0.05, 0.1) is 28.7 Å². The topological polar surface area (TPSA) is 90.2 Å². The zero-order chi connectivity index (χ0) is 13.1. The molecule has 0 aliphatic heterocycles. The molecule has 0 bridgehead atoms. The van der Waals surface area contributed by atoms with Crippen molar-refractivity contribution in [2.45, 2.75) is 24.3 Å². The molecule has 6 heteroatoms. The third-order valence-electron chi connectivity index (χ3n) is 2.10. The Kier molecular flexibility index (Phi) is 3.88. The predicted octanol–water partition coefficient (Wildman–Crippen LogP) is 0.607. The summed E-state index contributed by atoms with van der Waals surface area (Å²) in [6.07, 6.45) is 0. The van der Waals surface area contributed by atoms with Crippen molar-refractivity contribution < 1.29 is 13.5 Å². The van der Waals surface area contributed by atoms with Crippen LogP contribution in [0.5, 0.6) is 0 Å². The quantitative estimate of drug-likeness (QED) is 0.823. The second-order valence-electron chi connectivity index (χ2n) is 4.28. The number of nitriles is 1. The molecule has 1 aromatic rings. The fourth-order valence-corrected chi connectivity index (χ4v) is 2.57. The summed E-state index contributed by atoms with van der Waals surface area (Å²) < 4.78 is 26.2. The number of nitrogens with one attached hydrogen (secondary N) is 1. The van der Waals surface area contributed by atoms with E-state index in [4.69, 9.17) is 10.4 Å². The molecule has 0 fully saturated rings. The molecule has 0 aromatic heterocycles. The van der Waals surface area contributed by atoms with E-state index in [2.05, 4.69) is 4.72 Å². The molecular formula is C11H14N2O3S. The molecule has 1 rings (SSSR count). The number of rotatable bonds is 4. The molecule has 0 spiro atoms. The number of aliphatic hydroxyl groups is 1. The number of hydrogen-bond donors (Lipinski definition) is 2. The van der Waals surface area contributed by atoms with E-state index in [-0.39, 0.29) is 11.5 Å². The smallest absolute Gasteiger partial charge is 0.241 e. The third-order valence-corrected chi connectivity index (χ3v) is 3.81. The van der Waals surface area contributed by atoms with Gasteiger partial charge in [-0.1, -0.05) is 0 Å². The molecule has 2 N–H and O–H groups in total. The monoisotopic (exact) mass is 254 g/mol. The molecule has 5 nitrogen and oxygen atoms in total. The Morgan fingerprint density at radius 3 is 2.29 bits per heavy atom. The average Bonchev–Trinajstić information content (AvgIpc) is 2.28. The van der Waals surface area contributed by atoms with Gasteiger partial charge in [0, 0.05) is 0 Å². The summed E-state index contributed by atoms with van der Waals surface area (Å²) >= 11 is 0. The van der Waals surface area contributed by atoms with E-state index in [1.165, 1.54) is 24.3 Å². The number of benzene rings is 1. The lowest BCUT2D eigenvalue weighted by Gasteiger charge is -2.23. The van der Waals surface area contributed by atoms with Gasteiger partial charge in [0.25, 0.3) is 0 Å². The highest BCUT2D eigenvalue weighted by Crippen LogP contribution is 2.13. The van der Waals surface area contributed by atoms with Crippen LogP contribution in [0.4, 0.5) is 0 Å². The van der Waals surface area contributed by atoms with Gasteiger partial charge in [-0.15, -0.1) is 0 Å². The van der Waals surface area contributed by atoms with Gasteiger partial charge in [0.15, 0.2) is 0 Å². The van der Waals surface area contributed by atoms with Crippen molar-refractivity contribution in [3.05, 3.63) is 29.8 Å². The lowest BCUT2D eigenvalue weighted by atomic mass is 10.1. The minimum absolute atomic E-state index is 0.0676. The number of sulfonamides is 1. The van der Waals surface area contributed by atoms with Gasteiger partial charge in [0.1, 0.15) is 0 Å². The summed E-state index contributed by atoms with van der Waals surface area (Å²) in [4.78, 5) is 0.0676. The maximum Gasteiger partial charge on any atom is 0.241 e. The summed E-state index contributed by atoms with van der Waals surface area (Å²) in [5, 5.41) is 17.6. The van der Waals surface area contributed by atoms with Crippen LogP contribution in [-0.2, 0) is 10.0 Å². The molecule has 0 unspecified atom stereocenters. The molecule has 0 aliphatic rings. The van der Waals surface area contributed by atoms with Gasteiger partial charge in [-0.25, -0.2) is 13.1 Å². The number of hydrogen-bond acceptors (Lipinski definition) is 4. The van der Waals surface area contributed by atoms with E-state index >= 15 is 0 Å². The predicted molar refractivity (Wildman–Crippen MR) is 62.6 cm³/mol. The standard InChI is InChI=1S/C11H14N2O3S/c1-11(2,8-14)13-17(15,16)10-5-3-9(7-12)4-6-10/h3-6,13-14H,8H2,1-2H3. The van der Waals surface area contributed by atoms with Gasteiger partial charge in [-0.05, 0) is 38.1 Å². The average molecular weight is 254 g/mol. The van der Waals surface area contributed by atoms with Crippen LogP contribution in [0.15, 0.2) is 29.2 Å². The van der Waals surface area contributed by atoms with Crippen LogP contribution in [0, 0.1) is 11.3 Å². The molecule has 17 heavy (non-hydrogen) atoms. The molecule has 0 saturated carbocycles. The Hall–Kier alpha value is -1.42. The molecular weight excluding hydrogens is 240 g/mol. The molecule has 1 aromatic carbocycles. The van der Waals surface area contributed by atoms with Gasteiger partial charge in [-0.3, -0.25) is 0 Å². The molecule has 92 valence electrons. The van der Waals surface area contributed by atoms with Crippen LogP contribution in [0.3, 0.4) is 0 Å². The first-order valence-electron chi connectivity index (χ1n) is 4.96. The largest absolute Gasteiger partial charge is 0.394 e. The van der Waals surface area contributed by atoms with Crippen molar-refractivity contribution in [3.8, 4) is 6.07 Å². The lowest BCUT2D eigenvalue weighted by molar-refractivity contribution is 0.208. The Morgan fingerprint density at radius 1 is 1.35 bits per heavy atom. The normalized spacial score (nSPS) is 12.1. The molecule has 0 atom stereocenters. The van der Waals surface area contributed by atoms with Crippen molar-refractivity contribution in [1.82, 2.24) is 4.72 Å². The van der Waals surface area contributed by atoms with Crippen molar-refractivity contribution in [2.75, 3.05) is 6.61 Å². The summed E-state index contributed by atoms with van der Waals surface area (Å²) in [6, 6.07) is 7.48. The zero-order valence-electron chi connectivity index (χ0n) is 9.64. The first-order chi connectivity index (χ1) is 7.80. The Morgan fingerprint density at radius 2 is 1.88 bits per heavy atom. The Bertz CT molecular complexity index is 527. The molecule has 0 heterocycles. The van der Waals surface area contributed by atoms with Crippen molar-refractivity contribution in [2.24, 2.45) is 0 Å². The van der Waals surface area contributed by atoms with Crippen LogP contribution in [-0.4, -0.2) is 25.7 Å². The Balaban J connectivity index is 3.02. The van der Waals surface area contributed by atoms with E-state index < -0.39 is 15.6 Å². The van der Waals surface area contributed by atoms with E-state index in [1.807, 2.05) is 6.07 Å². The van der Waals surface area contributed by atoms with Crippen LogP contribution < -0.4 is 4.72 Å². The highest BCUT2D eigenvalue weighted by molar-refractivity contribution is 7.89. The van der Waals surface area contributed by atoms with Crippen LogP contribution in [0.1, 0.15) is 19.4 Å². The third kappa shape index (κ3) is 3.53. The Labute approximate surface area is 101 Å². The van der Waals surface area contributed by atoms with Crippen molar-refractivity contribution in [1.29, 1.82) is 5.26 Å². The van der Waals surface area contributed by atoms with Crippen molar-refractivity contribution >= 4 is 10.0 Å². The number of nitrogens with zero attached hydrogens (tertiary/aromatic N) is 1. The van der Waals surface area contributed by atoms with E-state index in [9.17, 15) is 8.42 Å². The first kappa shape index (κ1) is 13.6. The number of aliphatic hydroxyl groups excluding tert-OH is 1. The van der Waals surface area contributed by atoms with Gasteiger partial charge < -0.3 is 5.11 Å². The maximum absolute atomic E-state index is 11.9. The maximum atomic E-state index is 11.9. The van der Waals surface area contributed by atoms with Crippen LogP contribution in [0.25, 0.3) is 0 Å². The van der Waals surface area contributed by atoms with E-state index in [0.29, 0.717) is 5.56 Å². The molecule has 0 aliphatic carbocycles. The van der Waals surface area contributed by atoms with Crippen LogP contribution >= 0.6 is 0 Å². The minimum Gasteiger partial charge on any atom is -0.394 e. The van der Waals surface area contributed by atoms with E-state index in [0.717, 1.165) is 0 Å². The highest BCUT2D eigenvalue weighted by Gasteiger charge is 2.25. The zero-order valence-corrected chi connectivity index (χ0v) is 10.5. The van der Waals surface area contributed by atoms with Crippen molar-refractivity contribution in [3.63, 3.8) is 0 Å². The molecule has 0 radical (unpaired) electrons. The first-order valence-corrected chi connectivity index (χ1v) is 6.44. The SMILES string of the molecule is CC(C)(CO)NS(=O)(=O)c1ccc(C#N)cc1. The summed E-state index contributed by atoms with van der Waals surface area (Å²) in [7, 11) is -3.67. The highest BCUT2D eigenvalue weighted by atomic mass is 32.2. The molecule has 0 saturated heterocycles. The fraction of sp³-hybridized carbons (Fsp3) is 0.364. The van der Waals surface area contributed by atoms with Crippen LogP contribution in [0.2, 0.25) is 0 Å². The van der Waals surface area contributed by atoms with Gasteiger partial charge >= 0.3 is 0 Å².